The fourth-order valence-corrected chi connectivity index (χ4v) is 3.39. The molecule has 2 heterocycles. The van der Waals surface area contributed by atoms with E-state index in [2.05, 4.69) is 10.2 Å². The molecule has 0 atom stereocenters. The first kappa shape index (κ1) is 15.7. The lowest BCUT2D eigenvalue weighted by Gasteiger charge is -2.13. The summed E-state index contributed by atoms with van der Waals surface area (Å²) < 4.78 is 1.99. The predicted molar refractivity (Wildman–Crippen MR) is 87.0 cm³/mol. The molecule has 1 fully saturated rings. The summed E-state index contributed by atoms with van der Waals surface area (Å²) in [5.41, 5.74) is 1.15. The molecule has 1 aliphatic heterocycles. The van der Waals surface area contributed by atoms with Crippen LogP contribution in [-0.4, -0.2) is 43.8 Å². The third-order valence-corrected chi connectivity index (χ3v) is 4.74. The lowest BCUT2D eigenvalue weighted by molar-refractivity contribution is -0.140. The van der Waals surface area contributed by atoms with E-state index in [1.165, 1.54) is 16.7 Å². The summed E-state index contributed by atoms with van der Waals surface area (Å²) in [5, 5.41) is 8.95. The van der Waals surface area contributed by atoms with Gasteiger partial charge in [0.1, 0.15) is 5.82 Å². The number of nitrogens with zero attached hydrogens (tertiary/aromatic N) is 4. The monoisotopic (exact) mass is 330 g/mol. The molecule has 0 radical (unpaired) electrons. The highest BCUT2D eigenvalue weighted by Crippen LogP contribution is 2.20. The van der Waals surface area contributed by atoms with Crippen LogP contribution in [0, 0.1) is 6.92 Å². The van der Waals surface area contributed by atoms with Gasteiger partial charge in [-0.25, -0.2) is 0 Å². The number of thioether (sulfide) groups is 1. The number of aromatic nitrogens is 3. The van der Waals surface area contributed by atoms with Gasteiger partial charge >= 0.3 is 0 Å². The van der Waals surface area contributed by atoms with Crippen molar-refractivity contribution in [3.63, 3.8) is 0 Å². The Bertz CT molecular complexity index is 714. The number of rotatable bonds is 5. The Morgan fingerprint density at radius 1 is 1.26 bits per heavy atom. The van der Waals surface area contributed by atoms with Gasteiger partial charge in [0, 0.05) is 13.0 Å². The second-order valence-corrected chi connectivity index (χ2v) is 6.38. The Morgan fingerprint density at radius 3 is 2.74 bits per heavy atom. The number of amides is 2. The molecule has 0 unspecified atom stereocenters. The van der Waals surface area contributed by atoms with Gasteiger partial charge in [-0.2, -0.15) is 0 Å². The molecule has 120 valence electrons. The number of carbonyl (C=O) groups excluding carboxylic acids is 2. The molecule has 0 saturated carbocycles. The minimum absolute atomic E-state index is 0.0717. The zero-order valence-corrected chi connectivity index (χ0v) is 13.8. The van der Waals surface area contributed by atoms with Crippen LogP contribution in [-0.2, 0) is 16.1 Å². The van der Waals surface area contributed by atoms with Crippen LogP contribution in [0.4, 0.5) is 0 Å². The Labute approximate surface area is 138 Å². The van der Waals surface area contributed by atoms with E-state index in [9.17, 15) is 9.59 Å². The Kier molecular flexibility index (Phi) is 4.76. The van der Waals surface area contributed by atoms with Crippen molar-refractivity contribution in [1.82, 2.24) is 19.7 Å². The number of hydrogen-bond donors (Lipinski definition) is 0. The van der Waals surface area contributed by atoms with E-state index in [1.54, 1.807) is 0 Å². The fraction of sp³-hybridized carbons (Fsp3) is 0.375. The smallest absolute Gasteiger partial charge is 0.239 e. The molecular formula is C16H18N4O2S. The first-order chi connectivity index (χ1) is 11.1. The van der Waals surface area contributed by atoms with Gasteiger partial charge < -0.3 is 4.57 Å². The van der Waals surface area contributed by atoms with Crippen LogP contribution in [0.1, 0.15) is 24.2 Å². The SMILES string of the molecule is Cc1nnc(SCC(=O)N2CCCC2=O)n1Cc1ccccc1. The van der Waals surface area contributed by atoms with E-state index < -0.39 is 0 Å². The van der Waals surface area contributed by atoms with Crippen molar-refractivity contribution in [2.75, 3.05) is 12.3 Å². The zero-order valence-electron chi connectivity index (χ0n) is 12.9. The molecule has 6 nitrogen and oxygen atoms in total. The molecule has 23 heavy (non-hydrogen) atoms. The van der Waals surface area contributed by atoms with Crippen molar-refractivity contribution in [3.8, 4) is 0 Å². The first-order valence-electron chi connectivity index (χ1n) is 7.55. The molecule has 1 aliphatic rings. The van der Waals surface area contributed by atoms with Crippen molar-refractivity contribution < 1.29 is 9.59 Å². The molecule has 3 rings (SSSR count). The highest BCUT2D eigenvalue weighted by Gasteiger charge is 2.26. The van der Waals surface area contributed by atoms with Gasteiger partial charge in [0.05, 0.1) is 12.3 Å². The molecule has 2 amide bonds. The fourth-order valence-electron chi connectivity index (χ4n) is 2.53. The third-order valence-electron chi connectivity index (χ3n) is 3.78. The molecule has 1 saturated heterocycles. The van der Waals surface area contributed by atoms with Gasteiger partial charge in [-0.1, -0.05) is 42.1 Å². The number of imide groups is 1. The average molecular weight is 330 g/mol. The molecule has 0 spiro atoms. The van der Waals surface area contributed by atoms with Gasteiger partial charge in [-0.3, -0.25) is 14.5 Å². The highest BCUT2D eigenvalue weighted by molar-refractivity contribution is 7.99. The maximum absolute atomic E-state index is 12.1. The normalized spacial score (nSPS) is 14.5. The lowest BCUT2D eigenvalue weighted by atomic mass is 10.2. The lowest BCUT2D eigenvalue weighted by Crippen LogP contribution is -2.33. The van der Waals surface area contributed by atoms with E-state index in [4.69, 9.17) is 0 Å². The first-order valence-corrected chi connectivity index (χ1v) is 8.53. The maximum Gasteiger partial charge on any atom is 0.239 e. The number of carbonyl (C=O) groups is 2. The predicted octanol–water partition coefficient (Wildman–Crippen LogP) is 1.88. The van der Waals surface area contributed by atoms with Crippen LogP contribution < -0.4 is 0 Å². The standard InChI is InChI=1S/C16H18N4O2S/c1-12-17-18-16(20(12)10-13-6-3-2-4-7-13)23-11-15(22)19-9-5-8-14(19)21/h2-4,6-7H,5,8-11H2,1H3. The molecule has 1 aromatic heterocycles. The van der Waals surface area contributed by atoms with Crippen molar-refractivity contribution in [3.05, 3.63) is 41.7 Å². The quantitative estimate of drug-likeness (QED) is 0.783. The van der Waals surface area contributed by atoms with Crippen LogP contribution in [0.15, 0.2) is 35.5 Å². The van der Waals surface area contributed by atoms with Crippen LogP contribution in [0.3, 0.4) is 0 Å². The summed E-state index contributed by atoms with van der Waals surface area (Å²) in [7, 11) is 0. The summed E-state index contributed by atoms with van der Waals surface area (Å²) in [4.78, 5) is 25.1. The van der Waals surface area contributed by atoms with E-state index in [0.29, 0.717) is 24.7 Å². The third kappa shape index (κ3) is 3.61. The molecule has 0 bridgehead atoms. The second kappa shape index (κ2) is 6.95. The molecule has 0 aliphatic carbocycles. The van der Waals surface area contributed by atoms with Crippen molar-refractivity contribution in [2.24, 2.45) is 0 Å². The number of hydrogen-bond acceptors (Lipinski definition) is 5. The van der Waals surface area contributed by atoms with Crippen LogP contribution in [0.2, 0.25) is 0 Å². The van der Waals surface area contributed by atoms with Crippen LogP contribution in [0.5, 0.6) is 0 Å². The summed E-state index contributed by atoms with van der Waals surface area (Å²) >= 11 is 1.33. The van der Waals surface area contributed by atoms with E-state index >= 15 is 0 Å². The largest absolute Gasteiger partial charge is 0.302 e. The molecule has 0 N–H and O–H groups in total. The number of benzene rings is 1. The summed E-state index contributed by atoms with van der Waals surface area (Å²) in [5.74, 6) is 0.793. The van der Waals surface area contributed by atoms with Gasteiger partial charge in [0.2, 0.25) is 11.8 Å². The number of likely N-dealkylation sites (tertiary alicyclic amines) is 1. The van der Waals surface area contributed by atoms with E-state index in [-0.39, 0.29) is 17.6 Å². The summed E-state index contributed by atoms with van der Waals surface area (Å²) in [6.07, 6.45) is 1.23. The summed E-state index contributed by atoms with van der Waals surface area (Å²) in [6.45, 7) is 3.10. The van der Waals surface area contributed by atoms with Gasteiger partial charge in [0.15, 0.2) is 5.16 Å². The molecule has 7 heteroatoms. The molecular weight excluding hydrogens is 312 g/mol. The minimum atomic E-state index is -0.149. The summed E-state index contributed by atoms with van der Waals surface area (Å²) in [6, 6.07) is 10.0. The minimum Gasteiger partial charge on any atom is -0.302 e. The number of aryl methyl sites for hydroxylation is 1. The average Bonchev–Trinajstić information content (AvgIpc) is 3.13. The molecule has 1 aromatic carbocycles. The van der Waals surface area contributed by atoms with Crippen molar-refractivity contribution >= 4 is 23.6 Å². The van der Waals surface area contributed by atoms with Gasteiger partial charge in [-0.15, -0.1) is 10.2 Å². The Morgan fingerprint density at radius 2 is 2.04 bits per heavy atom. The zero-order chi connectivity index (χ0) is 16.2. The van der Waals surface area contributed by atoms with Gasteiger partial charge in [0.25, 0.3) is 0 Å². The maximum atomic E-state index is 12.1. The van der Waals surface area contributed by atoms with E-state index in [0.717, 1.165) is 17.8 Å². The van der Waals surface area contributed by atoms with Crippen LogP contribution >= 0.6 is 11.8 Å². The van der Waals surface area contributed by atoms with Crippen LogP contribution in [0.25, 0.3) is 0 Å². The highest BCUT2D eigenvalue weighted by atomic mass is 32.2. The topological polar surface area (TPSA) is 68.1 Å². The Hall–Kier alpha value is -2.15. The van der Waals surface area contributed by atoms with E-state index in [1.807, 2.05) is 41.8 Å². The van der Waals surface area contributed by atoms with Gasteiger partial charge in [-0.05, 0) is 18.9 Å². The second-order valence-electron chi connectivity index (χ2n) is 5.43. The molecule has 2 aromatic rings. The Balaban J connectivity index is 1.66. The van der Waals surface area contributed by atoms with Crippen molar-refractivity contribution in [2.45, 2.75) is 31.5 Å². The van der Waals surface area contributed by atoms with Crippen molar-refractivity contribution in [1.29, 1.82) is 0 Å².